The molecule has 0 aliphatic rings. The average Bonchev–Trinajstić information content (AvgIpc) is 2.88. The number of nitrogens with zero attached hydrogens (tertiary/aromatic N) is 2. The second-order valence-electron chi connectivity index (χ2n) is 4.46. The maximum absolute atomic E-state index is 14.1. The van der Waals surface area contributed by atoms with E-state index in [1.807, 2.05) is 13.8 Å². The Morgan fingerprint density at radius 1 is 1.50 bits per heavy atom. The van der Waals surface area contributed by atoms with E-state index in [2.05, 4.69) is 10.4 Å². The van der Waals surface area contributed by atoms with Gasteiger partial charge in [-0.25, -0.2) is 9.07 Å². The number of hydrogen-bond acceptors (Lipinski definition) is 3. The number of hydrogen-bond donors (Lipinski definition) is 2. The maximum Gasteiger partial charge on any atom is 0.269 e. The summed E-state index contributed by atoms with van der Waals surface area (Å²) >= 11 is 0. The smallest absolute Gasteiger partial charge is 0.269 e. The van der Waals surface area contributed by atoms with Crippen molar-refractivity contribution in [3.05, 3.63) is 47.5 Å². The molecule has 0 bridgehead atoms. The number of aromatic nitrogens is 2. The lowest BCUT2D eigenvalue weighted by Crippen LogP contribution is -2.21. The predicted octanol–water partition coefficient (Wildman–Crippen LogP) is 1.78. The minimum Gasteiger partial charge on any atom is -0.364 e. The molecule has 0 aliphatic carbocycles. The monoisotopic (exact) mass is 276 g/mol. The molecular formula is C14H17FN4O. The fourth-order valence-corrected chi connectivity index (χ4v) is 2.15. The van der Waals surface area contributed by atoms with Crippen LogP contribution in [0.4, 0.5) is 4.39 Å². The lowest BCUT2D eigenvalue weighted by atomic mass is 10.1. The molecule has 1 amide bonds. The Hall–Kier alpha value is -2.21. The fourth-order valence-electron chi connectivity index (χ4n) is 2.15. The van der Waals surface area contributed by atoms with Crippen molar-refractivity contribution in [2.75, 3.05) is 6.54 Å². The first-order chi connectivity index (χ1) is 9.54. The first kappa shape index (κ1) is 14.2. The normalized spacial score (nSPS) is 12.3. The average molecular weight is 276 g/mol. The molecule has 0 saturated heterocycles. The fraction of sp³-hybridized carbons (Fsp3) is 0.286. The van der Waals surface area contributed by atoms with Crippen LogP contribution in [-0.2, 0) is 0 Å². The number of amides is 1. The number of nitrogens with two attached hydrogens (primary N) is 1. The Kier molecular flexibility index (Phi) is 4.14. The number of carbonyl (C=O) groups excluding carboxylic acids is 1. The quantitative estimate of drug-likeness (QED) is 0.874. The van der Waals surface area contributed by atoms with E-state index in [1.165, 1.54) is 16.8 Å². The van der Waals surface area contributed by atoms with Crippen LogP contribution in [0.5, 0.6) is 0 Å². The van der Waals surface area contributed by atoms with E-state index in [9.17, 15) is 9.18 Å². The summed E-state index contributed by atoms with van der Waals surface area (Å²) in [5.74, 6) is -0.923. The summed E-state index contributed by atoms with van der Waals surface area (Å²) in [4.78, 5) is 11.1. The molecule has 1 heterocycles. The van der Waals surface area contributed by atoms with E-state index in [4.69, 9.17) is 5.73 Å². The molecule has 20 heavy (non-hydrogen) atoms. The summed E-state index contributed by atoms with van der Waals surface area (Å²) < 4.78 is 15.6. The highest BCUT2D eigenvalue weighted by Crippen LogP contribution is 2.24. The van der Waals surface area contributed by atoms with Gasteiger partial charge in [-0.05, 0) is 31.7 Å². The minimum absolute atomic E-state index is 0.149. The lowest BCUT2D eigenvalue weighted by Gasteiger charge is -2.18. The Bertz CT molecular complexity index is 623. The standard InChI is InChI=1S/C14H17FN4O/c1-3-17-9(2)13-10(15)5-4-6-12(13)19-8-7-11(18-19)14(16)20/h4-9,17H,3H2,1-2H3,(H2,16,20). The highest BCUT2D eigenvalue weighted by molar-refractivity contribution is 5.90. The number of carbonyl (C=O) groups is 1. The largest absolute Gasteiger partial charge is 0.364 e. The number of halogens is 1. The third-order valence-corrected chi connectivity index (χ3v) is 3.06. The summed E-state index contributed by atoms with van der Waals surface area (Å²) in [6.07, 6.45) is 1.59. The van der Waals surface area contributed by atoms with Gasteiger partial charge in [0.2, 0.25) is 0 Å². The number of primary amides is 1. The lowest BCUT2D eigenvalue weighted by molar-refractivity contribution is 0.0995. The van der Waals surface area contributed by atoms with Crippen molar-refractivity contribution in [1.82, 2.24) is 15.1 Å². The van der Waals surface area contributed by atoms with Crippen LogP contribution in [0.3, 0.4) is 0 Å². The molecule has 1 unspecified atom stereocenters. The molecule has 0 saturated carbocycles. The first-order valence-electron chi connectivity index (χ1n) is 6.42. The second-order valence-corrected chi connectivity index (χ2v) is 4.46. The zero-order valence-electron chi connectivity index (χ0n) is 11.4. The van der Waals surface area contributed by atoms with Gasteiger partial charge in [0.25, 0.3) is 5.91 Å². The van der Waals surface area contributed by atoms with Gasteiger partial charge in [-0.1, -0.05) is 13.0 Å². The maximum atomic E-state index is 14.1. The molecule has 5 nitrogen and oxygen atoms in total. The third-order valence-electron chi connectivity index (χ3n) is 3.06. The second kappa shape index (κ2) is 5.83. The molecule has 0 aliphatic heterocycles. The van der Waals surface area contributed by atoms with E-state index < -0.39 is 5.91 Å². The van der Waals surface area contributed by atoms with Crippen LogP contribution in [-0.4, -0.2) is 22.2 Å². The van der Waals surface area contributed by atoms with Crippen LogP contribution < -0.4 is 11.1 Å². The summed E-state index contributed by atoms with van der Waals surface area (Å²) in [6.45, 7) is 4.56. The molecule has 6 heteroatoms. The molecular weight excluding hydrogens is 259 g/mol. The van der Waals surface area contributed by atoms with E-state index in [1.54, 1.807) is 18.3 Å². The van der Waals surface area contributed by atoms with Gasteiger partial charge >= 0.3 is 0 Å². The van der Waals surface area contributed by atoms with Gasteiger partial charge in [0.1, 0.15) is 11.5 Å². The van der Waals surface area contributed by atoms with Gasteiger partial charge in [-0.15, -0.1) is 0 Å². The summed E-state index contributed by atoms with van der Waals surface area (Å²) in [5, 5.41) is 7.24. The topological polar surface area (TPSA) is 72.9 Å². The van der Waals surface area contributed by atoms with E-state index in [0.717, 1.165) is 6.54 Å². The summed E-state index contributed by atoms with van der Waals surface area (Å²) in [5.41, 5.74) is 6.43. The zero-order chi connectivity index (χ0) is 14.7. The van der Waals surface area contributed by atoms with Crippen molar-refractivity contribution in [2.24, 2.45) is 5.73 Å². The Morgan fingerprint density at radius 2 is 2.25 bits per heavy atom. The minimum atomic E-state index is -0.610. The van der Waals surface area contributed by atoms with Gasteiger partial charge in [-0.3, -0.25) is 4.79 Å². The molecule has 1 aromatic heterocycles. The van der Waals surface area contributed by atoms with Crippen LogP contribution >= 0.6 is 0 Å². The number of benzene rings is 1. The van der Waals surface area contributed by atoms with Crippen LogP contribution in [0.15, 0.2) is 30.5 Å². The number of rotatable bonds is 5. The van der Waals surface area contributed by atoms with Gasteiger partial charge < -0.3 is 11.1 Å². The zero-order valence-corrected chi connectivity index (χ0v) is 11.4. The van der Waals surface area contributed by atoms with Crippen molar-refractivity contribution >= 4 is 5.91 Å². The van der Waals surface area contributed by atoms with Gasteiger partial charge in [-0.2, -0.15) is 5.10 Å². The van der Waals surface area contributed by atoms with Crippen molar-refractivity contribution in [3.63, 3.8) is 0 Å². The highest BCUT2D eigenvalue weighted by atomic mass is 19.1. The van der Waals surface area contributed by atoms with Crippen molar-refractivity contribution in [1.29, 1.82) is 0 Å². The SMILES string of the molecule is CCNC(C)c1c(F)cccc1-n1ccc(C(N)=O)n1. The van der Waals surface area contributed by atoms with Crippen LogP contribution in [0.2, 0.25) is 0 Å². The van der Waals surface area contributed by atoms with E-state index in [0.29, 0.717) is 11.3 Å². The predicted molar refractivity (Wildman–Crippen MR) is 74.1 cm³/mol. The Morgan fingerprint density at radius 3 is 2.85 bits per heavy atom. The highest BCUT2D eigenvalue weighted by Gasteiger charge is 2.17. The van der Waals surface area contributed by atoms with E-state index in [-0.39, 0.29) is 17.6 Å². The summed E-state index contributed by atoms with van der Waals surface area (Å²) in [6, 6.07) is 6.11. The van der Waals surface area contributed by atoms with E-state index >= 15 is 0 Å². The van der Waals surface area contributed by atoms with Crippen LogP contribution in [0.1, 0.15) is 35.9 Å². The molecule has 106 valence electrons. The Labute approximate surface area is 116 Å². The molecule has 1 atom stereocenters. The molecule has 0 spiro atoms. The van der Waals surface area contributed by atoms with Crippen LogP contribution in [0, 0.1) is 5.82 Å². The van der Waals surface area contributed by atoms with Crippen LogP contribution in [0.25, 0.3) is 5.69 Å². The van der Waals surface area contributed by atoms with Crippen molar-refractivity contribution < 1.29 is 9.18 Å². The molecule has 3 N–H and O–H groups in total. The third kappa shape index (κ3) is 2.70. The Balaban J connectivity index is 2.49. The number of nitrogens with one attached hydrogen (secondary N) is 1. The van der Waals surface area contributed by atoms with Crippen molar-refractivity contribution in [2.45, 2.75) is 19.9 Å². The van der Waals surface area contributed by atoms with Gasteiger partial charge in [0.05, 0.1) is 5.69 Å². The molecule has 1 aromatic carbocycles. The van der Waals surface area contributed by atoms with Crippen molar-refractivity contribution in [3.8, 4) is 5.69 Å². The summed E-state index contributed by atoms with van der Waals surface area (Å²) in [7, 11) is 0. The van der Waals surface area contributed by atoms with Gasteiger partial charge in [0.15, 0.2) is 0 Å². The molecule has 2 rings (SSSR count). The van der Waals surface area contributed by atoms with Gasteiger partial charge in [0, 0.05) is 17.8 Å². The first-order valence-corrected chi connectivity index (χ1v) is 6.42. The molecule has 0 radical (unpaired) electrons. The molecule has 2 aromatic rings. The molecule has 0 fully saturated rings.